The van der Waals surface area contributed by atoms with Crippen LogP contribution in [0.1, 0.15) is 26.2 Å². The normalized spacial score (nSPS) is 31.5. The van der Waals surface area contributed by atoms with Crippen molar-refractivity contribution in [3.05, 3.63) is 30.3 Å². The predicted octanol–water partition coefficient (Wildman–Crippen LogP) is 2.08. The maximum absolute atomic E-state index is 12.7. The third kappa shape index (κ3) is 3.12. The van der Waals surface area contributed by atoms with E-state index in [-0.39, 0.29) is 22.7 Å². The van der Waals surface area contributed by atoms with Gasteiger partial charge in [0.1, 0.15) is 6.04 Å². The quantitative estimate of drug-likeness (QED) is 0.894. The molecule has 5 nitrogen and oxygen atoms in total. The van der Waals surface area contributed by atoms with Crippen molar-refractivity contribution in [3.8, 4) is 0 Å². The van der Waals surface area contributed by atoms with E-state index in [1.807, 2.05) is 11.0 Å². The fourth-order valence-corrected chi connectivity index (χ4v) is 5.68. The van der Waals surface area contributed by atoms with Gasteiger partial charge in [-0.05, 0) is 37.8 Å². The summed E-state index contributed by atoms with van der Waals surface area (Å²) in [7, 11) is 0. The first kappa shape index (κ1) is 16.8. The van der Waals surface area contributed by atoms with Gasteiger partial charge in [0.05, 0.1) is 4.87 Å². The number of nitrogens with one attached hydrogen (secondary N) is 1. The lowest BCUT2D eigenvalue weighted by Crippen LogP contribution is -2.50. The number of amides is 2. The number of nitrogens with zero attached hydrogens (tertiary/aromatic N) is 2. The molecule has 3 fully saturated rings. The Bertz CT molecular complexity index is 668. The minimum atomic E-state index is -0.295. The summed E-state index contributed by atoms with van der Waals surface area (Å²) in [6, 6.07) is 10.1. The number of fused-ring (bicyclic) bond motifs is 1. The molecule has 3 saturated heterocycles. The largest absolute Gasteiger partial charge is 0.371 e. The van der Waals surface area contributed by atoms with E-state index in [4.69, 9.17) is 0 Å². The second kappa shape index (κ2) is 6.56. The molecule has 2 amide bonds. The Hall–Kier alpha value is -1.69. The number of rotatable bonds is 4. The monoisotopic (exact) mass is 359 g/mol. The number of benzene rings is 1. The van der Waals surface area contributed by atoms with E-state index in [1.54, 1.807) is 11.8 Å². The van der Waals surface area contributed by atoms with Crippen molar-refractivity contribution in [1.29, 1.82) is 0 Å². The topological polar surface area (TPSA) is 52.7 Å². The second-order valence-electron chi connectivity index (χ2n) is 7.45. The van der Waals surface area contributed by atoms with E-state index in [9.17, 15) is 9.59 Å². The number of carbonyl (C=O) groups is 2. The number of anilines is 1. The highest BCUT2D eigenvalue weighted by atomic mass is 32.2. The molecule has 3 atom stereocenters. The third-order valence-electron chi connectivity index (χ3n) is 5.72. The lowest BCUT2D eigenvalue weighted by atomic mass is 10.1. The van der Waals surface area contributed by atoms with Gasteiger partial charge in [0, 0.05) is 37.5 Å². The highest BCUT2D eigenvalue weighted by Gasteiger charge is 2.52. The minimum absolute atomic E-state index is 0.0182. The first-order chi connectivity index (χ1) is 12.1. The summed E-state index contributed by atoms with van der Waals surface area (Å²) in [5, 5.41) is 3.12. The van der Waals surface area contributed by atoms with Crippen molar-refractivity contribution in [3.63, 3.8) is 0 Å². The molecule has 0 aliphatic carbocycles. The van der Waals surface area contributed by atoms with Crippen LogP contribution in [0.3, 0.4) is 0 Å². The van der Waals surface area contributed by atoms with Crippen LogP contribution in [0, 0.1) is 5.92 Å². The smallest absolute Gasteiger partial charge is 0.243 e. The van der Waals surface area contributed by atoms with Crippen LogP contribution in [0.4, 0.5) is 5.69 Å². The van der Waals surface area contributed by atoms with Crippen molar-refractivity contribution < 1.29 is 9.59 Å². The lowest BCUT2D eigenvalue weighted by molar-refractivity contribution is -0.138. The van der Waals surface area contributed by atoms with E-state index in [0.29, 0.717) is 18.9 Å². The van der Waals surface area contributed by atoms with Gasteiger partial charge in [-0.1, -0.05) is 18.2 Å². The number of carbonyl (C=O) groups excluding carboxylic acids is 2. The van der Waals surface area contributed by atoms with Crippen LogP contribution in [0.2, 0.25) is 0 Å². The maximum atomic E-state index is 12.7. The van der Waals surface area contributed by atoms with Gasteiger partial charge in [0.15, 0.2) is 0 Å². The molecule has 3 heterocycles. The van der Waals surface area contributed by atoms with Crippen LogP contribution in [-0.2, 0) is 9.59 Å². The Morgan fingerprint density at radius 3 is 2.96 bits per heavy atom. The van der Waals surface area contributed by atoms with Gasteiger partial charge < -0.3 is 15.1 Å². The third-order valence-corrected chi connectivity index (χ3v) is 7.22. The van der Waals surface area contributed by atoms with Crippen molar-refractivity contribution >= 4 is 29.3 Å². The minimum Gasteiger partial charge on any atom is -0.371 e. The molecule has 1 aromatic rings. The summed E-state index contributed by atoms with van der Waals surface area (Å²) < 4.78 is 0. The van der Waals surface area contributed by atoms with Gasteiger partial charge in [-0.15, -0.1) is 11.8 Å². The number of thioether (sulfide) groups is 1. The summed E-state index contributed by atoms with van der Waals surface area (Å²) in [4.78, 5) is 28.9. The lowest BCUT2D eigenvalue weighted by Gasteiger charge is -2.30. The summed E-state index contributed by atoms with van der Waals surface area (Å²) >= 11 is 1.75. The van der Waals surface area contributed by atoms with E-state index in [1.165, 1.54) is 5.69 Å². The molecule has 0 bridgehead atoms. The zero-order valence-corrected chi connectivity index (χ0v) is 15.4. The highest BCUT2D eigenvalue weighted by molar-refractivity contribution is 8.01. The van der Waals surface area contributed by atoms with Crippen LogP contribution < -0.4 is 10.2 Å². The first-order valence-corrected chi connectivity index (χ1v) is 10.1. The highest BCUT2D eigenvalue weighted by Crippen LogP contribution is 2.47. The van der Waals surface area contributed by atoms with Crippen LogP contribution >= 0.6 is 11.8 Å². The van der Waals surface area contributed by atoms with Gasteiger partial charge in [0.2, 0.25) is 11.8 Å². The summed E-state index contributed by atoms with van der Waals surface area (Å²) in [6.45, 7) is 4.79. The Kier molecular flexibility index (Phi) is 4.40. The van der Waals surface area contributed by atoms with Gasteiger partial charge in [-0.3, -0.25) is 9.59 Å². The predicted molar refractivity (Wildman–Crippen MR) is 101 cm³/mol. The SMILES string of the molecule is C[C@]12CCC(=O)N1[C@H](C(=O)NC[C@@H]1CCN(c3ccccc3)C1)CS2. The summed E-state index contributed by atoms with van der Waals surface area (Å²) in [5.41, 5.74) is 1.25. The zero-order chi connectivity index (χ0) is 17.4. The summed E-state index contributed by atoms with van der Waals surface area (Å²) in [5.74, 6) is 1.33. The van der Waals surface area contributed by atoms with E-state index < -0.39 is 0 Å². The maximum Gasteiger partial charge on any atom is 0.243 e. The molecular formula is C19H25N3O2S. The molecule has 0 saturated carbocycles. The fraction of sp³-hybridized carbons (Fsp3) is 0.579. The molecule has 0 unspecified atom stereocenters. The van der Waals surface area contributed by atoms with Crippen LogP contribution in [0.5, 0.6) is 0 Å². The van der Waals surface area contributed by atoms with Gasteiger partial charge in [-0.2, -0.15) is 0 Å². The van der Waals surface area contributed by atoms with Crippen LogP contribution in [0.15, 0.2) is 30.3 Å². The molecule has 0 radical (unpaired) electrons. The summed E-state index contributed by atoms with van der Waals surface area (Å²) in [6.07, 6.45) is 2.52. The molecular weight excluding hydrogens is 334 g/mol. The molecule has 6 heteroatoms. The standard InChI is InChI=1S/C19H25N3O2S/c1-19-9-7-17(23)22(19)16(13-25-19)18(24)20-11-14-8-10-21(12-14)15-5-3-2-4-6-15/h2-6,14,16H,7-13H2,1H3,(H,20,24)/t14-,16-,19-/m0/s1. The van der Waals surface area contributed by atoms with Crippen LogP contribution in [0.25, 0.3) is 0 Å². The Morgan fingerprint density at radius 1 is 1.36 bits per heavy atom. The first-order valence-electron chi connectivity index (χ1n) is 9.11. The van der Waals surface area contributed by atoms with Crippen molar-refractivity contribution in [2.24, 2.45) is 5.92 Å². The molecule has 1 N–H and O–H groups in total. The molecule has 3 aliphatic rings. The van der Waals surface area contributed by atoms with Crippen molar-refractivity contribution in [2.45, 2.75) is 37.1 Å². The molecule has 4 rings (SSSR count). The zero-order valence-electron chi connectivity index (χ0n) is 14.6. The Balaban J connectivity index is 1.31. The van der Waals surface area contributed by atoms with E-state index in [2.05, 4.69) is 41.4 Å². The van der Waals surface area contributed by atoms with Gasteiger partial charge >= 0.3 is 0 Å². The Labute approximate surface area is 153 Å². The van der Waals surface area contributed by atoms with Crippen molar-refractivity contribution in [2.75, 3.05) is 30.3 Å². The second-order valence-corrected chi connectivity index (χ2v) is 8.95. The number of hydrogen-bond donors (Lipinski definition) is 1. The van der Waals surface area contributed by atoms with Crippen molar-refractivity contribution in [1.82, 2.24) is 10.2 Å². The van der Waals surface area contributed by atoms with Gasteiger partial charge in [-0.25, -0.2) is 0 Å². The molecule has 1 aromatic carbocycles. The fourth-order valence-electron chi connectivity index (χ4n) is 4.25. The molecule has 134 valence electrons. The number of para-hydroxylation sites is 1. The molecule has 25 heavy (non-hydrogen) atoms. The molecule has 0 spiro atoms. The van der Waals surface area contributed by atoms with E-state index >= 15 is 0 Å². The van der Waals surface area contributed by atoms with Gasteiger partial charge in [0.25, 0.3) is 0 Å². The van der Waals surface area contributed by atoms with Crippen LogP contribution in [-0.4, -0.2) is 53.0 Å². The van der Waals surface area contributed by atoms with E-state index in [0.717, 1.165) is 31.7 Å². The Morgan fingerprint density at radius 2 is 2.16 bits per heavy atom. The molecule has 3 aliphatic heterocycles. The molecule has 0 aromatic heterocycles. The average Bonchev–Trinajstić information content (AvgIpc) is 3.30. The number of hydrogen-bond acceptors (Lipinski definition) is 4. The average molecular weight is 359 g/mol.